The van der Waals surface area contributed by atoms with Gasteiger partial charge in [-0.2, -0.15) is 0 Å². The van der Waals surface area contributed by atoms with E-state index in [-0.39, 0.29) is 44.5 Å². The molecule has 8 unspecified atom stereocenters. The Kier molecular flexibility index (Phi) is 19.4. The van der Waals surface area contributed by atoms with Crippen LogP contribution >= 0.6 is 0 Å². The summed E-state index contributed by atoms with van der Waals surface area (Å²) in [6.45, 7) is -2.69. The zero-order valence-electron chi connectivity index (χ0n) is 46.1. The first-order valence-corrected chi connectivity index (χ1v) is 27.4. The predicted molar refractivity (Wildman–Crippen MR) is 306 cm³/mol. The Bertz CT molecular complexity index is 3640. The summed E-state index contributed by atoms with van der Waals surface area (Å²) >= 11 is 0. The molecule has 87 heavy (non-hydrogen) atoms. The fourth-order valence-electron chi connectivity index (χ4n) is 9.49. The fourth-order valence-corrected chi connectivity index (χ4v) is 9.49. The van der Waals surface area contributed by atoms with Crippen LogP contribution in [-0.4, -0.2) is 122 Å². The van der Waals surface area contributed by atoms with E-state index >= 15 is 0 Å². The Labute approximate surface area is 498 Å². The molecule has 19 nitrogen and oxygen atoms in total. The number of ether oxygens (including phenoxy) is 11. The van der Waals surface area contributed by atoms with E-state index < -0.39 is 122 Å². The van der Waals surface area contributed by atoms with Gasteiger partial charge in [-0.15, -0.1) is 0 Å². The highest BCUT2D eigenvalue weighted by Crippen LogP contribution is 2.43. The molecule has 8 aromatic rings. The van der Waals surface area contributed by atoms with Gasteiger partial charge in [0.2, 0.25) is 12.1 Å². The van der Waals surface area contributed by atoms with Gasteiger partial charge in [0.15, 0.2) is 30.5 Å². The largest absolute Gasteiger partial charge is 0.459 e. The lowest BCUT2D eigenvalue weighted by Crippen LogP contribution is -2.66. The molecule has 0 radical (unpaired) electrons. The van der Waals surface area contributed by atoms with Crippen LogP contribution in [0, 0.1) is 0 Å². The number of rotatable bonds is 21. The summed E-state index contributed by atoms with van der Waals surface area (Å²) in [5.74, 6) is -10.8. The molecular formula is C68H54O19. The number of carbonyl (C=O) groups excluding carboxylic acids is 8. The van der Waals surface area contributed by atoms with E-state index in [1.54, 1.807) is 146 Å². The van der Waals surface area contributed by atoms with Gasteiger partial charge >= 0.3 is 47.8 Å². The third-order valence-electron chi connectivity index (χ3n) is 13.8. The minimum atomic E-state index is -2.85. The summed E-state index contributed by atoms with van der Waals surface area (Å²) in [7, 11) is 0. The fraction of sp³-hybridized carbons (Fsp3) is 0.176. The molecule has 0 aromatic heterocycles. The number of benzene rings is 8. The van der Waals surface area contributed by atoms with Crippen molar-refractivity contribution in [2.45, 2.75) is 54.8 Å². The molecule has 0 N–H and O–H groups in total. The smallest absolute Gasteiger partial charge is 0.338 e. The molecule has 0 amide bonds. The van der Waals surface area contributed by atoms with Crippen molar-refractivity contribution in [1.82, 2.24) is 0 Å². The van der Waals surface area contributed by atoms with E-state index in [2.05, 4.69) is 0 Å². The van der Waals surface area contributed by atoms with Crippen LogP contribution in [0.25, 0.3) is 0 Å². The molecule has 2 heterocycles. The highest BCUT2D eigenvalue weighted by Gasteiger charge is 2.65. The molecule has 2 saturated heterocycles. The third kappa shape index (κ3) is 14.8. The van der Waals surface area contributed by atoms with E-state index in [0.717, 1.165) is 0 Å². The molecule has 0 saturated carbocycles. The molecule has 440 valence electrons. The Morgan fingerprint density at radius 1 is 0.299 bits per heavy atom. The van der Waals surface area contributed by atoms with Crippen molar-refractivity contribution >= 4 is 47.8 Å². The van der Waals surface area contributed by atoms with Crippen LogP contribution in [0.2, 0.25) is 0 Å². The lowest BCUT2D eigenvalue weighted by atomic mass is 9.97. The van der Waals surface area contributed by atoms with Crippen LogP contribution in [0.4, 0.5) is 0 Å². The number of hydrogen-bond acceptors (Lipinski definition) is 19. The van der Waals surface area contributed by atoms with E-state index in [0.29, 0.717) is 0 Å². The Morgan fingerprint density at radius 3 is 0.931 bits per heavy atom. The second-order valence-corrected chi connectivity index (χ2v) is 19.6. The SMILES string of the molecule is O=C(OCC1OC(O[C@]2(COC(=O)c3ccccc3)OC(COC(=O)c3ccccc3)C(OC(=O)c3ccccc3)C2OC(=O)c2ccccc2)C(OC(=O)c2ccccc2)C(OC(=O)c2ccccc2)C1OC(=O)c1ccccc1)c1ccccc1. The monoisotopic (exact) mass is 1170 g/mol. The average molecular weight is 1180 g/mol. The van der Waals surface area contributed by atoms with Crippen LogP contribution in [-0.2, 0) is 52.1 Å². The topological polar surface area (TPSA) is 238 Å². The van der Waals surface area contributed by atoms with Crippen LogP contribution in [0.15, 0.2) is 243 Å². The minimum absolute atomic E-state index is 0.00940. The highest BCUT2D eigenvalue weighted by atomic mass is 16.8. The molecule has 8 aromatic carbocycles. The van der Waals surface area contributed by atoms with Gasteiger partial charge in [-0.25, -0.2) is 38.4 Å². The van der Waals surface area contributed by atoms with Crippen molar-refractivity contribution < 1.29 is 90.5 Å². The second kappa shape index (κ2) is 28.3. The molecule has 0 aliphatic carbocycles. The van der Waals surface area contributed by atoms with E-state index in [1.165, 1.54) is 97.1 Å². The van der Waals surface area contributed by atoms with Crippen molar-refractivity contribution in [2.75, 3.05) is 19.8 Å². The molecule has 2 aliphatic heterocycles. The summed E-state index contributed by atoms with van der Waals surface area (Å²) in [4.78, 5) is 115. The average Bonchev–Trinajstić information content (AvgIpc) is 1.83. The van der Waals surface area contributed by atoms with Crippen LogP contribution in [0.1, 0.15) is 82.9 Å². The van der Waals surface area contributed by atoms with Crippen molar-refractivity contribution in [3.8, 4) is 0 Å². The Morgan fingerprint density at radius 2 is 0.575 bits per heavy atom. The first kappa shape index (κ1) is 59.6. The normalized spacial score (nSPS) is 21.1. The van der Waals surface area contributed by atoms with Gasteiger partial charge in [-0.1, -0.05) is 146 Å². The maximum Gasteiger partial charge on any atom is 0.338 e. The molecule has 10 rings (SSSR count). The Balaban J connectivity index is 1.16. The molecular weight excluding hydrogens is 1120 g/mol. The standard InChI is InChI=1S/C68H54O19/c69-59(44-25-9-1-10-26-44)77-41-52-54(81-62(72)47-31-15-4-16-32-47)56(83-64(74)49-35-19-6-20-36-49)57(84-65(75)50-37-21-7-22-38-50)67(80-52)87-68(43-79-61(71)46-29-13-3-14-30-46)58(85-66(76)51-39-23-8-24-40-51)55(82-63(73)48-33-17-5-18-34-48)53(86-68)42-78-60(70)45-27-11-2-12-28-45/h1-40,52-58,67H,41-43H2/t52?,53?,54?,55?,56?,57?,58?,67?,68-/m0/s1. The van der Waals surface area contributed by atoms with Crippen molar-refractivity contribution in [2.24, 2.45) is 0 Å². The molecule has 9 atom stereocenters. The van der Waals surface area contributed by atoms with Crippen LogP contribution in [0.3, 0.4) is 0 Å². The predicted octanol–water partition coefficient (Wildman–Crippen LogP) is 9.52. The quantitative estimate of drug-likeness (QED) is 0.0480. The molecule has 0 spiro atoms. The zero-order valence-corrected chi connectivity index (χ0v) is 46.1. The van der Waals surface area contributed by atoms with Gasteiger partial charge < -0.3 is 52.1 Å². The summed E-state index contributed by atoms with van der Waals surface area (Å²) in [6.07, 6.45) is -15.7. The van der Waals surface area contributed by atoms with Gasteiger partial charge in [-0.3, -0.25) is 0 Å². The summed E-state index contributed by atoms with van der Waals surface area (Å²) < 4.78 is 70.1. The summed E-state index contributed by atoms with van der Waals surface area (Å²) in [5, 5.41) is 0. The van der Waals surface area contributed by atoms with Crippen molar-refractivity contribution in [3.63, 3.8) is 0 Å². The Hall–Kier alpha value is -10.6. The summed E-state index contributed by atoms with van der Waals surface area (Å²) in [5.41, 5.74) is 0.125. The maximum absolute atomic E-state index is 14.7. The molecule has 19 heteroatoms. The molecule has 2 fully saturated rings. The summed E-state index contributed by atoms with van der Waals surface area (Å²) in [6, 6.07) is 61.6. The van der Waals surface area contributed by atoms with Gasteiger partial charge in [-0.05, 0) is 97.1 Å². The van der Waals surface area contributed by atoms with Gasteiger partial charge in [0, 0.05) is 0 Å². The minimum Gasteiger partial charge on any atom is -0.459 e. The second-order valence-electron chi connectivity index (χ2n) is 19.6. The van der Waals surface area contributed by atoms with Crippen molar-refractivity contribution in [1.29, 1.82) is 0 Å². The van der Waals surface area contributed by atoms with E-state index in [1.807, 2.05) is 0 Å². The van der Waals surface area contributed by atoms with Gasteiger partial charge in [0.05, 0.1) is 44.5 Å². The maximum atomic E-state index is 14.7. The third-order valence-corrected chi connectivity index (χ3v) is 13.8. The van der Waals surface area contributed by atoms with E-state index in [9.17, 15) is 38.4 Å². The lowest BCUT2D eigenvalue weighted by molar-refractivity contribution is -0.380. The lowest BCUT2D eigenvalue weighted by Gasteiger charge is -2.46. The first-order valence-electron chi connectivity index (χ1n) is 27.4. The molecule has 0 bridgehead atoms. The molecule has 2 aliphatic rings. The van der Waals surface area contributed by atoms with Crippen LogP contribution in [0.5, 0.6) is 0 Å². The van der Waals surface area contributed by atoms with Gasteiger partial charge in [0.25, 0.3) is 0 Å². The number of carbonyl (C=O) groups is 8. The van der Waals surface area contributed by atoms with Crippen molar-refractivity contribution in [3.05, 3.63) is 287 Å². The number of hydrogen-bond donors (Lipinski definition) is 0. The first-order chi connectivity index (χ1) is 42.4. The van der Waals surface area contributed by atoms with Gasteiger partial charge in [0.1, 0.15) is 32.0 Å². The van der Waals surface area contributed by atoms with Crippen LogP contribution < -0.4 is 0 Å². The highest BCUT2D eigenvalue weighted by molar-refractivity contribution is 5.93. The number of esters is 8. The zero-order chi connectivity index (χ0) is 60.5. The van der Waals surface area contributed by atoms with E-state index in [4.69, 9.17) is 52.1 Å².